The Kier molecular flexibility index (Phi) is 2.96. The maximum Gasteiger partial charge on any atom is 0.321 e. The summed E-state index contributed by atoms with van der Waals surface area (Å²) < 4.78 is 2.08. The van der Waals surface area contributed by atoms with E-state index in [0.29, 0.717) is 6.54 Å². The third-order valence-corrected chi connectivity index (χ3v) is 3.05. The Morgan fingerprint density at radius 2 is 2.25 bits per heavy atom. The first-order valence-electron chi connectivity index (χ1n) is 5.56. The largest absolute Gasteiger partial charge is 0.480 e. The zero-order valence-corrected chi connectivity index (χ0v) is 9.63. The minimum absolute atomic E-state index is 0.110. The second-order valence-electron chi connectivity index (χ2n) is 4.53. The fourth-order valence-corrected chi connectivity index (χ4v) is 2.29. The van der Waals surface area contributed by atoms with E-state index in [1.165, 1.54) is 0 Å². The summed E-state index contributed by atoms with van der Waals surface area (Å²) in [6, 6.07) is -0.412. The molecule has 5 nitrogen and oxygen atoms in total. The first kappa shape index (κ1) is 11.1. The van der Waals surface area contributed by atoms with Crippen molar-refractivity contribution in [2.24, 2.45) is 5.92 Å². The molecule has 0 amide bonds. The summed E-state index contributed by atoms with van der Waals surface area (Å²) in [6.07, 6.45) is 3.71. The Hall–Kier alpha value is -1.36. The molecule has 1 N–H and O–H groups in total. The van der Waals surface area contributed by atoms with Crippen molar-refractivity contribution < 1.29 is 9.90 Å². The summed E-state index contributed by atoms with van der Waals surface area (Å²) in [4.78, 5) is 17.5. The molecule has 1 atom stereocenters. The molecule has 2 heterocycles. The predicted molar refractivity (Wildman–Crippen MR) is 58.9 cm³/mol. The summed E-state index contributed by atoms with van der Waals surface area (Å²) >= 11 is 0. The van der Waals surface area contributed by atoms with Crippen LogP contribution in [0.4, 0.5) is 0 Å². The monoisotopic (exact) mass is 223 g/mol. The number of nitrogens with zero attached hydrogens (tertiary/aromatic N) is 3. The average Bonchev–Trinajstić information content (AvgIpc) is 2.63. The summed E-state index contributed by atoms with van der Waals surface area (Å²) in [6.45, 7) is 6.12. The van der Waals surface area contributed by atoms with Crippen molar-refractivity contribution in [3.63, 3.8) is 0 Å². The highest BCUT2D eigenvalue weighted by Gasteiger charge is 2.31. The first-order chi connectivity index (χ1) is 7.59. The van der Waals surface area contributed by atoms with E-state index in [1.54, 1.807) is 6.20 Å². The zero-order chi connectivity index (χ0) is 11.7. The zero-order valence-electron chi connectivity index (χ0n) is 9.63. The van der Waals surface area contributed by atoms with E-state index in [9.17, 15) is 9.90 Å². The molecule has 1 aromatic rings. The van der Waals surface area contributed by atoms with Crippen LogP contribution in [-0.4, -0.2) is 38.1 Å². The van der Waals surface area contributed by atoms with Crippen molar-refractivity contribution in [3.8, 4) is 0 Å². The van der Waals surface area contributed by atoms with Gasteiger partial charge >= 0.3 is 5.97 Å². The third kappa shape index (κ3) is 1.95. The topological polar surface area (TPSA) is 58.4 Å². The summed E-state index contributed by atoms with van der Waals surface area (Å²) in [5, 5.41) is 9.23. The first-order valence-corrected chi connectivity index (χ1v) is 5.56. The normalized spacial score (nSPS) is 18.4. The molecular weight excluding hydrogens is 206 g/mol. The molecule has 1 aromatic heterocycles. The lowest BCUT2D eigenvalue weighted by molar-refractivity contribution is -0.145. The van der Waals surface area contributed by atoms with Gasteiger partial charge in [0.1, 0.15) is 11.9 Å². The summed E-state index contributed by atoms with van der Waals surface area (Å²) in [5.74, 6) is 0.326. The molecule has 0 saturated carbocycles. The molecule has 0 aromatic carbocycles. The second-order valence-corrected chi connectivity index (χ2v) is 4.53. The van der Waals surface area contributed by atoms with Gasteiger partial charge in [0.05, 0.1) is 6.54 Å². The minimum Gasteiger partial charge on any atom is -0.480 e. The lowest BCUT2D eigenvalue weighted by Crippen LogP contribution is -2.48. The van der Waals surface area contributed by atoms with E-state index in [2.05, 4.69) is 9.55 Å². The van der Waals surface area contributed by atoms with Crippen molar-refractivity contribution in [1.29, 1.82) is 0 Å². The molecule has 1 aliphatic heterocycles. The van der Waals surface area contributed by atoms with Crippen LogP contribution < -0.4 is 0 Å². The van der Waals surface area contributed by atoms with Gasteiger partial charge < -0.3 is 9.67 Å². The highest BCUT2D eigenvalue weighted by atomic mass is 16.4. The highest BCUT2D eigenvalue weighted by Crippen LogP contribution is 2.18. The predicted octanol–water partition coefficient (Wildman–Crippen LogP) is 0.808. The van der Waals surface area contributed by atoms with Gasteiger partial charge in [0.2, 0.25) is 0 Å². The van der Waals surface area contributed by atoms with Gasteiger partial charge in [-0.05, 0) is 5.92 Å². The Bertz CT molecular complexity index is 386. The quantitative estimate of drug-likeness (QED) is 0.823. The van der Waals surface area contributed by atoms with Crippen LogP contribution in [-0.2, 0) is 17.9 Å². The fourth-order valence-electron chi connectivity index (χ4n) is 2.29. The van der Waals surface area contributed by atoms with Gasteiger partial charge in [-0.25, -0.2) is 4.98 Å². The fraction of sp³-hybridized carbons (Fsp3) is 0.636. The minimum atomic E-state index is -0.741. The van der Waals surface area contributed by atoms with Crippen molar-refractivity contribution in [3.05, 3.63) is 18.2 Å². The van der Waals surface area contributed by atoms with E-state index < -0.39 is 12.0 Å². The van der Waals surface area contributed by atoms with Gasteiger partial charge in [0.25, 0.3) is 0 Å². The number of aromatic nitrogens is 2. The molecule has 0 bridgehead atoms. The molecule has 1 aliphatic rings. The van der Waals surface area contributed by atoms with Crippen LogP contribution >= 0.6 is 0 Å². The maximum absolute atomic E-state index is 11.2. The number of fused-ring (bicyclic) bond motifs is 1. The molecule has 0 spiro atoms. The Morgan fingerprint density at radius 3 is 2.88 bits per heavy atom. The van der Waals surface area contributed by atoms with Crippen LogP contribution in [0.15, 0.2) is 12.4 Å². The van der Waals surface area contributed by atoms with Crippen LogP contribution in [0.25, 0.3) is 0 Å². The van der Waals surface area contributed by atoms with Crippen LogP contribution in [0.2, 0.25) is 0 Å². The molecule has 0 radical (unpaired) electrons. The second kappa shape index (κ2) is 4.25. The van der Waals surface area contributed by atoms with E-state index in [0.717, 1.165) is 18.9 Å². The molecule has 1 unspecified atom stereocenters. The SMILES string of the molecule is CC(C)C(C(=O)O)N1CCn2ccnc2C1. The molecule has 0 fully saturated rings. The van der Waals surface area contributed by atoms with Gasteiger partial charge in [-0.3, -0.25) is 9.69 Å². The van der Waals surface area contributed by atoms with Crippen LogP contribution in [0.5, 0.6) is 0 Å². The molecule has 16 heavy (non-hydrogen) atoms. The number of imidazole rings is 1. The Morgan fingerprint density at radius 1 is 1.50 bits per heavy atom. The van der Waals surface area contributed by atoms with Gasteiger partial charge in [-0.1, -0.05) is 13.8 Å². The molecule has 2 rings (SSSR count). The molecule has 0 saturated heterocycles. The number of hydrogen-bond donors (Lipinski definition) is 1. The summed E-state index contributed by atoms with van der Waals surface area (Å²) in [7, 11) is 0. The van der Waals surface area contributed by atoms with Crippen LogP contribution in [0.3, 0.4) is 0 Å². The smallest absolute Gasteiger partial charge is 0.321 e. The number of hydrogen-bond acceptors (Lipinski definition) is 3. The van der Waals surface area contributed by atoms with Gasteiger partial charge in [-0.15, -0.1) is 0 Å². The highest BCUT2D eigenvalue weighted by molar-refractivity contribution is 5.73. The molecular formula is C11H17N3O2. The number of carboxylic acids is 1. The number of rotatable bonds is 3. The van der Waals surface area contributed by atoms with Gasteiger partial charge in [-0.2, -0.15) is 0 Å². The van der Waals surface area contributed by atoms with E-state index in [1.807, 2.05) is 24.9 Å². The van der Waals surface area contributed by atoms with Crippen LogP contribution in [0, 0.1) is 5.92 Å². The van der Waals surface area contributed by atoms with E-state index in [-0.39, 0.29) is 5.92 Å². The van der Waals surface area contributed by atoms with E-state index >= 15 is 0 Å². The Balaban J connectivity index is 2.15. The summed E-state index contributed by atoms with van der Waals surface area (Å²) in [5.41, 5.74) is 0. The van der Waals surface area contributed by atoms with Gasteiger partial charge in [0.15, 0.2) is 0 Å². The Labute approximate surface area is 94.7 Å². The molecule has 88 valence electrons. The number of carbonyl (C=O) groups is 1. The lowest BCUT2D eigenvalue weighted by Gasteiger charge is -2.34. The van der Waals surface area contributed by atoms with Crippen molar-refractivity contribution in [2.75, 3.05) is 6.54 Å². The average molecular weight is 223 g/mol. The van der Waals surface area contributed by atoms with Crippen molar-refractivity contribution in [1.82, 2.24) is 14.5 Å². The van der Waals surface area contributed by atoms with Crippen LogP contribution in [0.1, 0.15) is 19.7 Å². The van der Waals surface area contributed by atoms with Crippen molar-refractivity contribution in [2.45, 2.75) is 33.0 Å². The molecule has 0 aliphatic carbocycles. The number of carboxylic acid groups (broad SMARTS) is 1. The standard InChI is InChI=1S/C11H17N3O2/c1-8(2)10(11(15)16)14-6-5-13-4-3-12-9(13)7-14/h3-4,8,10H,5-7H2,1-2H3,(H,15,16). The van der Waals surface area contributed by atoms with E-state index in [4.69, 9.17) is 0 Å². The third-order valence-electron chi connectivity index (χ3n) is 3.05. The molecule has 5 heteroatoms. The number of aliphatic carboxylic acids is 1. The van der Waals surface area contributed by atoms with Crippen molar-refractivity contribution >= 4 is 5.97 Å². The van der Waals surface area contributed by atoms with Gasteiger partial charge in [0, 0.05) is 25.5 Å². The maximum atomic E-state index is 11.2. The lowest BCUT2D eigenvalue weighted by atomic mass is 10.0.